The van der Waals surface area contributed by atoms with E-state index in [1.165, 1.54) is 43.0 Å². The molecule has 0 N–H and O–H groups in total. The molecule has 0 unspecified atom stereocenters. The molecule has 0 radical (unpaired) electrons. The average molecular weight is 699 g/mol. The van der Waals surface area contributed by atoms with Crippen molar-refractivity contribution in [3.8, 4) is 11.5 Å². The Labute approximate surface area is 285 Å². The van der Waals surface area contributed by atoms with Crippen LogP contribution in [0, 0.1) is 0 Å². The standard InChI is InChI=1S/C34H39Cl4NO6/c1-6-21-19-23(20-22(7-2)24(21)8-3)39(15-9-17-44-33(40)29-25(35)11-13-27(37)31(29)42-4)16-10-18-45-34(41)30-26(36)12-14-28(38)32(30)43-5/h11-14,19-20H,6-10,15-18H2,1-5H3. The zero-order valence-corrected chi connectivity index (χ0v) is 29.3. The van der Waals surface area contributed by atoms with E-state index in [-0.39, 0.29) is 55.9 Å². The predicted molar refractivity (Wildman–Crippen MR) is 183 cm³/mol. The first-order chi connectivity index (χ1) is 21.6. The molecule has 0 fully saturated rings. The van der Waals surface area contributed by atoms with E-state index in [1.807, 2.05) is 0 Å². The van der Waals surface area contributed by atoms with Crippen molar-refractivity contribution in [3.05, 3.63) is 84.3 Å². The van der Waals surface area contributed by atoms with Crippen LogP contribution in [-0.4, -0.2) is 52.5 Å². The Morgan fingerprint density at radius 3 is 1.40 bits per heavy atom. The van der Waals surface area contributed by atoms with Gasteiger partial charge in [0.1, 0.15) is 11.1 Å². The number of halogens is 4. The normalized spacial score (nSPS) is 10.9. The molecule has 0 heterocycles. The first-order valence-corrected chi connectivity index (χ1v) is 16.4. The first kappa shape index (κ1) is 36.6. The topological polar surface area (TPSA) is 74.3 Å². The summed E-state index contributed by atoms with van der Waals surface area (Å²) in [5, 5.41) is 0.935. The van der Waals surface area contributed by atoms with Gasteiger partial charge in [-0.25, -0.2) is 9.59 Å². The van der Waals surface area contributed by atoms with Gasteiger partial charge in [-0.3, -0.25) is 0 Å². The van der Waals surface area contributed by atoms with Crippen LogP contribution in [0.25, 0.3) is 0 Å². The lowest BCUT2D eigenvalue weighted by Gasteiger charge is -2.27. The number of methoxy groups -OCH3 is 2. The fourth-order valence-corrected chi connectivity index (χ4v) is 6.17. The summed E-state index contributed by atoms with van der Waals surface area (Å²) in [7, 11) is 2.84. The number of rotatable bonds is 16. The van der Waals surface area contributed by atoms with Crippen LogP contribution >= 0.6 is 46.4 Å². The summed E-state index contributed by atoms with van der Waals surface area (Å²) in [6.07, 6.45) is 3.87. The molecular formula is C34H39Cl4NO6. The van der Waals surface area contributed by atoms with Crippen LogP contribution in [0.4, 0.5) is 5.69 Å². The molecule has 7 nitrogen and oxygen atoms in total. The van der Waals surface area contributed by atoms with Gasteiger partial charge in [0, 0.05) is 18.8 Å². The third kappa shape index (κ3) is 9.13. The van der Waals surface area contributed by atoms with E-state index in [4.69, 9.17) is 65.4 Å². The van der Waals surface area contributed by atoms with Crippen molar-refractivity contribution in [2.75, 3.05) is 45.4 Å². The van der Waals surface area contributed by atoms with Gasteiger partial charge in [0.15, 0.2) is 11.5 Å². The molecule has 0 saturated carbocycles. The molecule has 0 aliphatic heterocycles. The molecule has 0 atom stereocenters. The van der Waals surface area contributed by atoms with Gasteiger partial charge < -0.3 is 23.8 Å². The van der Waals surface area contributed by atoms with Crippen molar-refractivity contribution >= 4 is 64.0 Å². The smallest absolute Gasteiger partial charge is 0.343 e. The van der Waals surface area contributed by atoms with E-state index in [0.717, 1.165) is 24.9 Å². The lowest BCUT2D eigenvalue weighted by atomic mass is 9.94. The molecule has 3 aromatic rings. The highest BCUT2D eigenvalue weighted by atomic mass is 35.5. The van der Waals surface area contributed by atoms with E-state index in [1.54, 1.807) is 12.1 Å². The molecule has 0 aromatic heterocycles. The maximum atomic E-state index is 12.9. The van der Waals surface area contributed by atoms with Crippen LogP contribution in [-0.2, 0) is 28.7 Å². The van der Waals surface area contributed by atoms with Crippen LogP contribution in [0.1, 0.15) is 71.0 Å². The minimum absolute atomic E-state index is 0.0945. The highest BCUT2D eigenvalue weighted by molar-refractivity contribution is 6.37. The maximum absolute atomic E-state index is 12.9. The lowest BCUT2D eigenvalue weighted by molar-refractivity contribution is 0.0494. The second-order valence-corrected chi connectivity index (χ2v) is 11.8. The molecule has 0 aliphatic carbocycles. The Morgan fingerprint density at radius 1 is 0.644 bits per heavy atom. The number of benzene rings is 3. The number of carbonyl (C=O) groups excluding carboxylic acids is 2. The van der Waals surface area contributed by atoms with Gasteiger partial charge in [0.2, 0.25) is 0 Å². The summed E-state index contributed by atoms with van der Waals surface area (Å²) in [6, 6.07) is 10.6. The number of hydrogen-bond acceptors (Lipinski definition) is 7. The van der Waals surface area contributed by atoms with Crippen molar-refractivity contribution in [1.29, 1.82) is 0 Å². The number of anilines is 1. The molecule has 11 heteroatoms. The van der Waals surface area contributed by atoms with Gasteiger partial charge in [-0.05, 0) is 85.2 Å². The molecule has 0 amide bonds. The van der Waals surface area contributed by atoms with Crippen molar-refractivity contribution in [3.63, 3.8) is 0 Å². The van der Waals surface area contributed by atoms with Gasteiger partial charge in [-0.1, -0.05) is 67.2 Å². The molecule has 0 saturated heterocycles. The molecule has 0 bridgehead atoms. The number of aryl methyl sites for hydroxylation is 2. The lowest BCUT2D eigenvalue weighted by Crippen LogP contribution is -2.28. The monoisotopic (exact) mass is 697 g/mol. The summed E-state index contributed by atoms with van der Waals surface area (Å²) in [5.74, 6) is -0.863. The SMILES string of the molecule is CCc1cc(N(CCCOC(=O)c2c(Cl)ccc(Cl)c2OC)CCCOC(=O)c2c(Cl)ccc(Cl)c2OC)cc(CC)c1CC. The zero-order chi connectivity index (χ0) is 33.1. The maximum Gasteiger partial charge on any atom is 0.343 e. The molecular weight excluding hydrogens is 660 g/mol. The van der Waals surface area contributed by atoms with Gasteiger partial charge in [0.25, 0.3) is 0 Å². The Kier molecular flexibility index (Phi) is 14.4. The van der Waals surface area contributed by atoms with Crippen molar-refractivity contribution in [2.24, 2.45) is 0 Å². The Balaban J connectivity index is 1.73. The summed E-state index contributed by atoms with van der Waals surface area (Å²) in [5.41, 5.74) is 5.25. The molecule has 3 rings (SSSR count). The summed E-state index contributed by atoms with van der Waals surface area (Å²) < 4.78 is 21.7. The van der Waals surface area contributed by atoms with E-state index in [0.29, 0.717) is 25.9 Å². The number of esters is 2. The van der Waals surface area contributed by atoms with E-state index < -0.39 is 11.9 Å². The van der Waals surface area contributed by atoms with Crippen LogP contribution in [0.3, 0.4) is 0 Å². The van der Waals surface area contributed by atoms with E-state index >= 15 is 0 Å². The fourth-order valence-electron chi connectivity index (χ4n) is 5.25. The molecule has 0 aliphatic rings. The summed E-state index contributed by atoms with van der Waals surface area (Å²) in [6.45, 7) is 7.98. The van der Waals surface area contributed by atoms with Gasteiger partial charge in [-0.2, -0.15) is 0 Å². The van der Waals surface area contributed by atoms with Crippen LogP contribution in [0.2, 0.25) is 20.1 Å². The minimum atomic E-state index is -0.609. The predicted octanol–water partition coefficient (Wildman–Crippen LogP) is 9.31. The molecule has 244 valence electrons. The van der Waals surface area contributed by atoms with Gasteiger partial charge >= 0.3 is 11.9 Å². The molecule has 0 spiro atoms. The summed E-state index contributed by atoms with van der Waals surface area (Å²) >= 11 is 24.9. The molecule has 3 aromatic carbocycles. The summed E-state index contributed by atoms with van der Waals surface area (Å²) in [4.78, 5) is 28.0. The Hall–Kier alpha value is -2.84. The van der Waals surface area contributed by atoms with Crippen molar-refractivity contribution < 1.29 is 28.5 Å². The van der Waals surface area contributed by atoms with Crippen molar-refractivity contribution in [1.82, 2.24) is 0 Å². The zero-order valence-electron chi connectivity index (χ0n) is 26.2. The number of carbonyl (C=O) groups is 2. The van der Waals surface area contributed by atoms with Crippen LogP contribution < -0.4 is 14.4 Å². The van der Waals surface area contributed by atoms with Crippen LogP contribution in [0.15, 0.2) is 36.4 Å². The molecule has 45 heavy (non-hydrogen) atoms. The van der Waals surface area contributed by atoms with Gasteiger partial charge in [-0.15, -0.1) is 0 Å². The van der Waals surface area contributed by atoms with Crippen LogP contribution in [0.5, 0.6) is 11.5 Å². The Bertz CT molecular complexity index is 1390. The van der Waals surface area contributed by atoms with Gasteiger partial charge in [0.05, 0.1) is 47.5 Å². The number of hydrogen-bond donors (Lipinski definition) is 0. The second kappa shape index (κ2) is 17.7. The largest absolute Gasteiger partial charge is 0.494 e. The average Bonchev–Trinajstić information content (AvgIpc) is 3.04. The quantitative estimate of drug-likeness (QED) is 0.109. The third-order valence-electron chi connectivity index (χ3n) is 7.45. The number of ether oxygens (including phenoxy) is 4. The number of nitrogens with zero attached hydrogens (tertiary/aromatic N) is 1. The van der Waals surface area contributed by atoms with E-state index in [9.17, 15) is 9.59 Å². The van der Waals surface area contributed by atoms with E-state index in [2.05, 4.69) is 37.8 Å². The third-order valence-corrected chi connectivity index (χ3v) is 8.67. The second-order valence-electron chi connectivity index (χ2n) is 10.1. The first-order valence-electron chi connectivity index (χ1n) is 14.9. The van der Waals surface area contributed by atoms with Crippen molar-refractivity contribution in [2.45, 2.75) is 52.9 Å². The highest BCUT2D eigenvalue weighted by Gasteiger charge is 2.22. The minimum Gasteiger partial charge on any atom is -0.494 e. The Morgan fingerprint density at radius 2 is 1.04 bits per heavy atom. The highest BCUT2D eigenvalue weighted by Crippen LogP contribution is 2.35. The fraction of sp³-hybridized carbons (Fsp3) is 0.412.